The van der Waals surface area contributed by atoms with Crippen LogP contribution in [0, 0.1) is 5.82 Å². The first-order chi connectivity index (χ1) is 10.2. The average Bonchev–Trinajstić information content (AvgIpc) is 2.91. The Balaban J connectivity index is 1.59. The number of nitrogens with zero attached hydrogens (tertiary/aromatic N) is 3. The molecule has 0 amide bonds. The predicted molar refractivity (Wildman–Crippen MR) is 76.1 cm³/mol. The molecule has 2 N–H and O–H groups in total. The predicted octanol–water partition coefficient (Wildman–Crippen LogP) is 1.69. The lowest BCUT2D eigenvalue weighted by Crippen LogP contribution is -2.21. The lowest BCUT2D eigenvalue weighted by Gasteiger charge is -2.12. The highest BCUT2D eigenvalue weighted by Crippen LogP contribution is 2.12. The van der Waals surface area contributed by atoms with Gasteiger partial charge in [0, 0.05) is 25.5 Å². The third-order valence-corrected chi connectivity index (χ3v) is 3.29. The van der Waals surface area contributed by atoms with Gasteiger partial charge in [0.15, 0.2) is 5.65 Å². The highest BCUT2D eigenvalue weighted by Gasteiger charge is 2.08. The van der Waals surface area contributed by atoms with E-state index in [1.54, 1.807) is 30.7 Å². The number of rotatable bonds is 5. The number of aromatic nitrogens is 3. The lowest BCUT2D eigenvalue weighted by molar-refractivity contribution is 0.174. The van der Waals surface area contributed by atoms with Crippen molar-refractivity contribution in [1.29, 1.82) is 0 Å². The molecule has 5 nitrogen and oxygen atoms in total. The Morgan fingerprint density at radius 1 is 1.24 bits per heavy atom. The molecule has 2 heterocycles. The molecular weight excluding hydrogens is 271 g/mol. The largest absolute Gasteiger partial charge is 0.387 e. The molecule has 0 bridgehead atoms. The molecule has 0 saturated carbocycles. The molecule has 21 heavy (non-hydrogen) atoms. The summed E-state index contributed by atoms with van der Waals surface area (Å²) in [6.07, 6.45) is 6.33. The number of hydrogen-bond donors (Lipinski definition) is 2. The highest BCUT2D eigenvalue weighted by atomic mass is 19.1. The van der Waals surface area contributed by atoms with Gasteiger partial charge in [-0.2, -0.15) is 0 Å². The number of aliphatic hydroxyl groups excluding tert-OH is 1. The number of hydrogen-bond acceptors (Lipinski definition) is 4. The van der Waals surface area contributed by atoms with Crippen molar-refractivity contribution >= 4 is 5.65 Å². The van der Waals surface area contributed by atoms with Crippen molar-refractivity contribution in [2.75, 3.05) is 6.54 Å². The van der Waals surface area contributed by atoms with E-state index in [1.807, 2.05) is 10.6 Å². The Kier molecular flexibility index (Phi) is 3.89. The van der Waals surface area contributed by atoms with Crippen LogP contribution in [0.1, 0.15) is 17.4 Å². The molecule has 3 rings (SSSR count). The molecule has 0 aliphatic carbocycles. The molecule has 6 heteroatoms. The van der Waals surface area contributed by atoms with Gasteiger partial charge in [-0.15, -0.1) is 0 Å². The number of nitrogens with one attached hydrogen (secondary N) is 1. The Hall–Kier alpha value is -2.31. The van der Waals surface area contributed by atoms with Gasteiger partial charge in [-0.05, 0) is 17.7 Å². The van der Waals surface area contributed by atoms with Crippen molar-refractivity contribution < 1.29 is 9.50 Å². The first kappa shape index (κ1) is 13.7. The second kappa shape index (κ2) is 5.99. The van der Waals surface area contributed by atoms with Crippen LogP contribution >= 0.6 is 0 Å². The van der Waals surface area contributed by atoms with Crippen molar-refractivity contribution in [2.45, 2.75) is 12.6 Å². The SMILES string of the molecule is OC(CNCc1cnc2cnccn12)c1ccc(F)cc1. The van der Waals surface area contributed by atoms with E-state index >= 15 is 0 Å². The molecule has 0 aliphatic rings. The molecule has 1 aromatic carbocycles. The zero-order chi connectivity index (χ0) is 14.7. The van der Waals surface area contributed by atoms with Crippen LogP contribution < -0.4 is 5.32 Å². The summed E-state index contributed by atoms with van der Waals surface area (Å²) < 4.78 is 14.8. The fourth-order valence-electron chi connectivity index (χ4n) is 2.17. The quantitative estimate of drug-likeness (QED) is 0.749. The summed E-state index contributed by atoms with van der Waals surface area (Å²) in [6.45, 7) is 0.952. The molecule has 0 saturated heterocycles. The second-order valence-corrected chi connectivity index (χ2v) is 4.75. The molecule has 0 spiro atoms. The first-order valence-corrected chi connectivity index (χ1v) is 6.64. The van der Waals surface area contributed by atoms with E-state index in [2.05, 4.69) is 15.3 Å². The van der Waals surface area contributed by atoms with Crippen molar-refractivity contribution in [1.82, 2.24) is 19.7 Å². The van der Waals surface area contributed by atoms with Gasteiger partial charge in [-0.1, -0.05) is 12.1 Å². The normalized spacial score (nSPS) is 12.7. The lowest BCUT2D eigenvalue weighted by atomic mass is 10.1. The number of benzene rings is 1. The van der Waals surface area contributed by atoms with Crippen LogP contribution in [0.4, 0.5) is 4.39 Å². The summed E-state index contributed by atoms with van der Waals surface area (Å²) in [7, 11) is 0. The Bertz CT molecular complexity index is 726. The van der Waals surface area contributed by atoms with Gasteiger partial charge in [0.25, 0.3) is 0 Å². The van der Waals surface area contributed by atoms with E-state index in [4.69, 9.17) is 0 Å². The van der Waals surface area contributed by atoms with E-state index in [0.717, 1.165) is 11.3 Å². The van der Waals surface area contributed by atoms with E-state index in [9.17, 15) is 9.50 Å². The van der Waals surface area contributed by atoms with Crippen LogP contribution in [0.2, 0.25) is 0 Å². The molecule has 2 aromatic heterocycles. The molecular formula is C15H15FN4O. The van der Waals surface area contributed by atoms with Crippen LogP contribution in [0.25, 0.3) is 5.65 Å². The van der Waals surface area contributed by atoms with Gasteiger partial charge in [0.05, 0.1) is 24.2 Å². The van der Waals surface area contributed by atoms with Crippen LogP contribution in [0.3, 0.4) is 0 Å². The van der Waals surface area contributed by atoms with E-state index in [1.165, 1.54) is 12.1 Å². The number of aliphatic hydroxyl groups is 1. The first-order valence-electron chi connectivity index (χ1n) is 6.64. The maximum Gasteiger partial charge on any atom is 0.155 e. The number of imidazole rings is 1. The highest BCUT2D eigenvalue weighted by molar-refractivity contribution is 5.36. The minimum Gasteiger partial charge on any atom is -0.387 e. The standard InChI is InChI=1S/C15H15FN4O/c16-12-3-1-11(2-4-12)14(21)9-18-7-13-8-19-15-10-17-5-6-20(13)15/h1-6,8,10,14,18,21H,7,9H2. The van der Waals surface area contributed by atoms with E-state index < -0.39 is 6.10 Å². The summed E-state index contributed by atoms with van der Waals surface area (Å²) in [5.74, 6) is -0.307. The van der Waals surface area contributed by atoms with E-state index in [-0.39, 0.29) is 5.82 Å². The molecule has 1 unspecified atom stereocenters. The molecule has 0 radical (unpaired) electrons. The minimum absolute atomic E-state index is 0.307. The number of halogens is 1. The molecule has 3 aromatic rings. The van der Waals surface area contributed by atoms with E-state index in [0.29, 0.717) is 18.7 Å². The van der Waals surface area contributed by atoms with Gasteiger partial charge in [0.1, 0.15) is 5.82 Å². The van der Waals surface area contributed by atoms with Crippen LogP contribution in [0.5, 0.6) is 0 Å². The zero-order valence-corrected chi connectivity index (χ0v) is 11.3. The minimum atomic E-state index is -0.675. The maximum atomic E-state index is 12.8. The van der Waals surface area contributed by atoms with Crippen molar-refractivity contribution in [2.24, 2.45) is 0 Å². The zero-order valence-electron chi connectivity index (χ0n) is 11.3. The average molecular weight is 286 g/mol. The summed E-state index contributed by atoms with van der Waals surface area (Å²) in [5, 5.41) is 13.2. The fraction of sp³-hybridized carbons (Fsp3) is 0.200. The van der Waals surface area contributed by atoms with Gasteiger partial charge < -0.3 is 10.4 Å². The van der Waals surface area contributed by atoms with Crippen molar-refractivity contribution in [3.63, 3.8) is 0 Å². The molecule has 0 aliphatic heterocycles. The summed E-state index contributed by atoms with van der Waals surface area (Å²) in [5.41, 5.74) is 2.46. The Labute approximate surface area is 121 Å². The fourth-order valence-corrected chi connectivity index (χ4v) is 2.17. The van der Waals surface area contributed by atoms with Crippen molar-refractivity contribution in [3.8, 4) is 0 Å². The summed E-state index contributed by atoms with van der Waals surface area (Å²) in [4.78, 5) is 8.25. The summed E-state index contributed by atoms with van der Waals surface area (Å²) in [6, 6.07) is 5.86. The summed E-state index contributed by atoms with van der Waals surface area (Å²) >= 11 is 0. The van der Waals surface area contributed by atoms with Crippen LogP contribution in [0.15, 0.2) is 49.1 Å². The smallest absolute Gasteiger partial charge is 0.155 e. The maximum absolute atomic E-state index is 12.8. The van der Waals surface area contributed by atoms with Gasteiger partial charge in [-0.25, -0.2) is 9.37 Å². The Morgan fingerprint density at radius 2 is 2.05 bits per heavy atom. The van der Waals surface area contributed by atoms with Gasteiger partial charge >= 0.3 is 0 Å². The van der Waals surface area contributed by atoms with Crippen LogP contribution in [-0.2, 0) is 6.54 Å². The monoisotopic (exact) mass is 286 g/mol. The second-order valence-electron chi connectivity index (χ2n) is 4.75. The van der Waals surface area contributed by atoms with Crippen molar-refractivity contribution in [3.05, 3.63) is 66.1 Å². The third-order valence-electron chi connectivity index (χ3n) is 3.29. The topological polar surface area (TPSA) is 62.5 Å². The van der Waals surface area contributed by atoms with Gasteiger partial charge in [0.2, 0.25) is 0 Å². The van der Waals surface area contributed by atoms with Crippen LogP contribution in [-0.4, -0.2) is 26.0 Å². The Morgan fingerprint density at radius 3 is 2.86 bits per heavy atom. The molecule has 1 atom stereocenters. The number of fused-ring (bicyclic) bond motifs is 1. The third kappa shape index (κ3) is 3.07. The van der Waals surface area contributed by atoms with Gasteiger partial charge in [-0.3, -0.25) is 9.38 Å². The molecule has 0 fully saturated rings. The molecule has 108 valence electrons.